The zero-order valence-corrected chi connectivity index (χ0v) is 32.8. The normalized spacial score (nSPS) is 23.9. The molecule has 0 aromatic heterocycles. The summed E-state index contributed by atoms with van der Waals surface area (Å²) in [6.07, 6.45) is 12.9. The molecule has 3 aromatic rings. The van der Waals surface area contributed by atoms with E-state index in [1.807, 2.05) is 85.9 Å². The molecule has 3 aliphatic carbocycles. The Morgan fingerprint density at radius 1 is 0.855 bits per heavy atom. The van der Waals surface area contributed by atoms with Gasteiger partial charge in [0.05, 0.1) is 6.54 Å². The molecule has 0 saturated heterocycles. The van der Waals surface area contributed by atoms with E-state index in [1.165, 1.54) is 11.1 Å². The second-order valence-electron chi connectivity index (χ2n) is 15.7. The number of nitrogens with one attached hydrogen (secondary N) is 2. The van der Waals surface area contributed by atoms with Gasteiger partial charge in [0.25, 0.3) is 0 Å². The summed E-state index contributed by atoms with van der Waals surface area (Å²) in [6, 6.07) is 23.7. The van der Waals surface area contributed by atoms with Crippen molar-refractivity contribution >= 4 is 23.0 Å². The van der Waals surface area contributed by atoms with Crippen LogP contribution in [0.3, 0.4) is 0 Å². The van der Waals surface area contributed by atoms with Crippen molar-refractivity contribution in [3.63, 3.8) is 0 Å². The summed E-state index contributed by atoms with van der Waals surface area (Å²) in [5, 5.41) is 6.39. The molecule has 7 atom stereocenters. The lowest BCUT2D eigenvalue weighted by molar-refractivity contribution is -0.134. The Morgan fingerprint density at radius 3 is 2.09 bits per heavy atom. The third-order valence-corrected chi connectivity index (χ3v) is 12.1. The first-order valence-corrected chi connectivity index (χ1v) is 19.4. The number of rotatable bonds is 16. The first kappa shape index (κ1) is 39.3. The van der Waals surface area contributed by atoms with Crippen LogP contribution in [-0.4, -0.2) is 30.9 Å². The predicted molar refractivity (Wildman–Crippen MR) is 220 cm³/mol. The zero-order chi connectivity index (χ0) is 39.3. The van der Waals surface area contributed by atoms with Gasteiger partial charge in [-0.25, -0.2) is 0 Å². The zero-order valence-electron chi connectivity index (χ0n) is 32.8. The molecule has 2 N–H and O–H groups in total. The molecule has 0 spiro atoms. The molecule has 3 aliphatic rings. The topological polar surface area (TPSA) is 93.7 Å². The fraction of sp³-hybridized carbons (Fsp3) is 0.354. The van der Waals surface area contributed by atoms with Gasteiger partial charge in [-0.3, -0.25) is 14.4 Å². The van der Waals surface area contributed by atoms with Crippen LogP contribution in [0.5, 0.6) is 17.2 Å². The summed E-state index contributed by atoms with van der Waals surface area (Å²) in [4.78, 5) is 39.6. The molecule has 55 heavy (non-hydrogen) atoms. The van der Waals surface area contributed by atoms with Gasteiger partial charge in [-0.1, -0.05) is 60.2 Å². The third kappa shape index (κ3) is 8.77. The highest BCUT2D eigenvalue weighted by Crippen LogP contribution is 2.56. The summed E-state index contributed by atoms with van der Waals surface area (Å²) in [6.45, 7) is 15.9. The van der Waals surface area contributed by atoms with Crippen molar-refractivity contribution in [1.29, 1.82) is 0 Å². The minimum absolute atomic E-state index is 0.000685. The van der Waals surface area contributed by atoms with E-state index in [9.17, 15) is 14.4 Å². The van der Waals surface area contributed by atoms with Crippen molar-refractivity contribution in [1.82, 2.24) is 5.32 Å². The average Bonchev–Trinajstić information content (AvgIpc) is 3.29. The van der Waals surface area contributed by atoms with Crippen LogP contribution in [0.1, 0.15) is 57.6 Å². The van der Waals surface area contributed by atoms with Gasteiger partial charge in [0.15, 0.2) is 5.78 Å². The third-order valence-electron chi connectivity index (χ3n) is 12.1. The molecule has 3 aromatic carbocycles. The molecule has 0 radical (unpaired) electrons. The van der Waals surface area contributed by atoms with E-state index in [1.54, 1.807) is 13.8 Å². The van der Waals surface area contributed by atoms with Crippen molar-refractivity contribution in [2.24, 2.45) is 35.5 Å². The van der Waals surface area contributed by atoms with Gasteiger partial charge in [-0.2, -0.15) is 0 Å². The summed E-state index contributed by atoms with van der Waals surface area (Å²) in [7, 11) is 1.83. The first-order chi connectivity index (χ1) is 26.4. The summed E-state index contributed by atoms with van der Waals surface area (Å²) < 4.78 is 12.3. The molecule has 7 heteroatoms. The Morgan fingerprint density at radius 2 is 1.47 bits per heavy atom. The molecule has 286 valence electrons. The van der Waals surface area contributed by atoms with Gasteiger partial charge in [-0.05, 0) is 137 Å². The van der Waals surface area contributed by atoms with Gasteiger partial charge in [0, 0.05) is 41.6 Å². The smallest absolute Gasteiger partial charge is 0.155 e. The van der Waals surface area contributed by atoms with E-state index >= 15 is 0 Å². The number of hydrogen-bond donors (Lipinski definition) is 2. The molecule has 7 unspecified atom stereocenters. The van der Waals surface area contributed by atoms with Gasteiger partial charge in [0.2, 0.25) is 0 Å². The maximum absolute atomic E-state index is 13.7. The molecule has 7 nitrogen and oxygen atoms in total. The van der Waals surface area contributed by atoms with Crippen LogP contribution in [0, 0.1) is 42.4 Å². The largest absolute Gasteiger partial charge is 0.457 e. The molecule has 2 saturated carbocycles. The Kier molecular flexibility index (Phi) is 12.1. The van der Waals surface area contributed by atoms with E-state index in [0.717, 1.165) is 41.3 Å². The van der Waals surface area contributed by atoms with Crippen LogP contribution >= 0.6 is 0 Å². The highest BCUT2D eigenvalue weighted by atomic mass is 16.5. The number of benzene rings is 3. The minimum atomic E-state index is -0.404. The lowest BCUT2D eigenvalue weighted by Gasteiger charge is -2.36. The number of allylic oxidation sites excluding steroid dienone is 7. The Bertz CT molecular complexity index is 2010. The molecular weight excluding hydrogens is 685 g/mol. The number of hydrogen-bond acceptors (Lipinski definition) is 7. The number of ketones is 3. The molecular formula is C48H54N2O5. The monoisotopic (exact) mass is 738 g/mol. The second kappa shape index (κ2) is 16.9. The highest BCUT2D eigenvalue weighted by molar-refractivity contribution is 5.92. The number of carbonyl (C=O) groups is 3. The number of aryl methyl sites for hydroxylation is 1. The quantitative estimate of drug-likeness (QED) is 0.141. The minimum Gasteiger partial charge on any atom is -0.457 e. The van der Waals surface area contributed by atoms with Crippen LogP contribution in [-0.2, 0) is 19.8 Å². The fourth-order valence-corrected chi connectivity index (χ4v) is 9.13. The van der Waals surface area contributed by atoms with Crippen LogP contribution in [0.4, 0.5) is 5.69 Å². The van der Waals surface area contributed by atoms with E-state index in [0.29, 0.717) is 24.4 Å². The van der Waals surface area contributed by atoms with Crippen molar-refractivity contribution in [3.8, 4) is 17.2 Å². The summed E-state index contributed by atoms with van der Waals surface area (Å²) >= 11 is 0. The van der Waals surface area contributed by atoms with Crippen LogP contribution < -0.4 is 20.1 Å². The van der Waals surface area contributed by atoms with E-state index < -0.39 is 11.3 Å². The second-order valence-corrected chi connectivity index (χ2v) is 15.7. The predicted octanol–water partition coefficient (Wildman–Crippen LogP) is 9.87. The van der Waals surface area contributed by atoms with Gasteiger partial charge < -0.3 is 20.1 Å². The number of Topliss-reactive ketones (excluding diaryl/α,β-unsaturated/α-hetero) is 3. The number of anilines is 1. The van der Waals surface area contributed by atoms with E-state index in [2.05, 4.69) is 61.9 Å². The lowest BCUT2D eigenvalue weighted by Crippen LogP contribution is -2.41. The van der Waals surface area contributed by atoms with Gasteiger partial charge in [0.1, 0.15) is 34.6 Å². The maximum Gasteiger partial charge on any atom is 0.155 e. The van der Waals surface area contributed by atoms with Crippen LogP contribution in [0.25, 0.3) is 0 Å². The summed E-state index contributed by atoms with van der Waals surface area (Å²) in [5.74, 6) is 2.34. The van der Waals surface area contributed by atoms with Crippen molar-refractivity contribution in [2.45, 2.75) is 58.8 Å². The first-order valence-electron chi connectivity index (χ1n) is 19.4. The van der Waals surface area contributed by atoms with Crippen molar-refractivity contribution in [3.05, 3.63) is 144 Å². The highest BCUT2D eigenvalue weighted by Gasteiger charge is 2.56. The van der Waals surface area contributed by atoms with Gasteiger partial charge in [-0.15, -0.1) is 6.58 Å². The molecule has 0 amide bonds. The number of ether oxygens (including phenoxy) is 2. The van der Waals surface area contributed by atoms with E-state index in [4.69, 9.17) is 9.47 Å². The van der Waals surface area contributed by atoms with Gasteiger partial charge >= 0.3 is 0 Å². The maximum atomic E-state index is 13.7. The van der Waals surface area contributed by atoms with Crippen molar-refractivity contribution in [2.75, 3.05) is 18.9 Å². The Labute approximate surface area is 326 Å². The molecule has 0 aliphatic heterocycles. The van der Waals surface area contributed by atoms with Crippen molar-refractivity contribution < 1.29 is 23.9 Å². The molecule has 2 bridgehead atoms. The Balaban J connectivity index is 1.07. The Hall–Kier alpha value is -5.43. The molecule has 6 rings (SSSR count). The van der Waals surface area contributed by atoms with Crippen LogP contribution in [0.2, 0.25) is 0 Å². The molecule has 2 fully saturated rings. The lowest BCUT2D eigenvalue weighted by atomic mass is 9.67. The SMILES string of the molecule is C=CC(C)(C1=CC=C(Oc2ccc(NCC(=O)C3CC4CC(C(CC(=C)NC)C4C(C)=O)C3C(C)=O)cc2)C=CC1)c1ccc(Oc2ccc(C)cc2)cc1. The number of carbonyl (C=O) groups excluding carboxylic acids is 3. The van der Waals surface area contributed by atoms with E-state index in [-0.39, 0.29) is 53.5 Å². The summed E-state index contributed by atoms with van der Waals surface area (Å²) in [5.41, 5.74) is 4.73. The number of fused-ring (bicyclic) bond motifs is 2. The standard InChI is InChI=1S/C48H54N2O5/c1-8-48(6,36-15-22-40(23-16-36)55-39-19-12-30(2)13-20-39)35-10-9-11-38(21-14-35)54-41-24-17-37(18-25-41)50-29-45(53)44-28-34-27-43(47(44)33(5)52)42(26-31(3)49-7)46(34)32(4)51/h8-9,11-25,34,42-44,46-47,49-50H,1,3,10,26-29H2,2,4-7H3. The average molecular weight is 739 g/mol. The fourth-order valence-electron chi connectivity index (χ4n) is 9.13. The van der Waals surface area contributed by atoms with Crippen LogP contribution in [0.15, 0.2) is 133 Å². The molecule has 0 heterocycles.